The molecular formula is C21H18F4N2O3. The zero-order valence-electron chi connectivity index (χ0n) is 16.1. The monoisotopic (exact) mass is 422 g/mol. The van der Waals surface area contributed by atoms with Gasteiger partial charge < -0.3 is 14.8 Å². The number of benzene rings is 2. The van der Waals surface area contributed by atoms with Crippen molar-refractivity contribution in [2.45, 2.75) is 19.6 Å². The van der Waals surface area contributed by atoms with Gasteiger partial charge in [0.05, 0.1) is 24.8 Å². The van der Waals surface area contributed by atoms with Crippen LogP contribution in [0.5, 0.6) is 11.6 Å². The molecule has 0 fully saturated rings. The number of hydrogen-bond acceptors (Lipinski definition) is 4. The molecule has 2 aromatic carbocycles. The number of aromatic nitrogens is 1. The Morgan fingerprint density at radius 2 is 1.83 bits per heavy atom. The zero-order chi connectivity index (χ0) is 21.9. The Morgan fingerprint density at radius 1 is 1.13 bits per heavy atom. The minimum Gasteiger partial charge on any atom is -0.495 e. The number of amides is 1. The average Bonchev–Trinajstić information content (AvgIpc) is 2.71. The van der Waals surface area contributed by atoms with Gasteiger partial charge in [0.2, 0.25) is 5.88 Å². The van der Waals surface area contributed by atoms with Crippen LogP contribution in [0.3, 0.4) is 0 Å². The highest BCUT2D eigenvalue weighted by atomic mass is 19.4. The lowest BCUT2D eigenvalue weighted by Gasteiger charge is -2.17. The van der Waals surface area contributed by atoms with E-state index < -0.39 is 23.5 Å². The van der Waals surface area contributed by atoms with Crippen molar-refractivity contribution in [2.24, 2.45) is 0 Å². The Hall–Kier alpha value is -3.36. The highest BCUT2D eigenvalue weighted by Crippen LogP contribution is 2.38. The molecule has 1 N–H and O–H groups in total. The van der Waals surface area contributed by atoms with E-state index in [0.29, 0.717) is 5.56 Å². The first-order valence-electron chi connectivity index (χ1n) is 8.99. The minimum atomic E-state index is -4.54. The lowest BCUT2D eigenvalue weighted by atomic mass is 10.1. The van der Waals surface area contributed by atoms with Crippen molar-refractivity contribution in [3.8, 4) is 11.6 Å². The second-order valence-electron chi connectivity index (χ2n) is 6.30. The van der Waals surface area contributed by atoms with Gasteiger partial charge in [-0.3, -0.25) is 4.79 Å². The summed E-state index contributed by atoms with van der Waals surface area (Å²) in [6.45, 7) is 1.89. The van der Waals surface area contributed by atoms with Gasteiger partial charge in [-0.25, -0.2) is 9.37 Å². The fourth-order valence-electron chi connectivity index (χ4n) is 2.92. The highest BCUT2D eigenvalue weighted by molar-refractivity contribution is 6.05. The van der Waals surface area contributed by atoms with E-state index in [4.69, 9.17) is 9.47 Å². The largest absolute Gasteiger partial charge is 0.495 e. The summed E-state index contributed by atoms with van der Waals surface area (Å²) in [6.07, 6.45) is -4.54. The number of carbonyl (C=O) groups is 1. The Labute approximate surface area is 169 Å². The van der Waals surface area contributed by atoms with Gasteiger partial charge >= 0.3 is 6.18 Å². The van der Waals surface area contributed by atoms with Crippen LogP contribution in [-0.2, 0) is 12.7 Å². The van der Waals surface area contributed by atoms with E-state index in [9.17, 15) is 22.4 Å². The predicted octanol–water partition coefficient (Wildman–Crippen LogP) is 4.73. The number of rotatable bonds is 6. The van der Waals surface area contributed by atoms with Crippen LogP contribution < -0.4 is 14.8 Å². The molecule has 9 heteroatoms. The number of nitrogens with zero attached hydrogens (tertiary/aromatic N) is 1. The lowest BCUT2D eigenvalue weighted by molar-refractivity contribution is -0.137. The Balaban J connectivity index is 2.03. The molecule has 0 unspecified atom stereocenters. The maximum Gasteiger partial charge on any atom is 0.416 e. The quantitative estimate of drug-likeness (QED) is 0.584. The van der Waals surface area contributed by atoms with Crippen LogP contribution >= 0.6 is 0 Å². The van der Waals surface area contributed by atoms with Crippen molar-refractivity contribution >= 4 is 16.8 Å². The van der Waals surface area contributed by atoms with Crippen molar-refractivity contribution in [3.05, 3.63) is 65.0 Å². The van der Waals surface area contributed by atoms with Gasteiger partial charge in [-0.05, 0) is 42.8 Å². The molecule has 0 bridgehead atoms. The summed E-state index contributed by atoms with van der Waals surface area (Å²) in [5, 5.41) is 2.90. The standard InChI is InChI=1S/C21H18F4N2O3/c1-3-30-20-17(19(28)26-11-12-4-7-14(22)8-5-12)18(29-2)15-9-6-13(21(23,24)25)10-16(15)27-20/h4-10H,3,11H2,1-2H3,(H,26,28). The topological polar surface area (TPSA) is 60.5 Å². The molecular weight excluding hydrogens is 404 g/mol. The molecule has 0 saturated heterocycles. The molecule has 1 aromatic heterocycles. The van der Waals surface area contributed by atoms with Crippen LogP contribution in [-0.4, -0.2) is 24.6 Å². The maximum atomic E-state index is 13.1. The molecule has 0 aliphatic heterocycles. The SMILES string of the molecule is CCOc1nc2cc(C(F)(F)F)ccc2c(OC)c1C(=O)NCc1ccc(F)cc1. The molecule has 0 saturated carbocycles. The zero-order valence-corrected chi connectivity index (χ0v) is 16.1. The normalized spacial score (nSPS) is 11.4. The van der Waals surface area contributed by atoms with E-state index >= 15 is 0 Å². The van der Waals surface area contributed by atoms with Gasteiger partial charge in [0.1, 0.15) is 17.1 Å². The third-order valence-electron chi connectivity index (χ3n) is 4.31. The molecule has 0 aliphatic carbocycles. The minimum absolute atomic E-state index is 0.0137. The van der Waals surface area contributed by atoms with E-state index in [1.165, 1.54) is 37.4 Å². The molecule has 0 spiro atoms. The molecule has 1 amide bonds. The summed E-state index contributed by atoms with van der Waals surface area (Å²) in [5.74, 6) is -1.08. The number of methoxy groups -OCH3 is 1. The van der Waals surface area contributed by atoms with Crippen LogP contribution in [0.15, 0.2) is 42.5 Å². The fourth-order valence-corrected chi connectivity index (χ4v) is 2.92. The van der Waals surface area contributed by atoms with Crippen LogP contribution in [0, 0.1) is 5.82 Å². The van der Waals surface area contributed by atoms with Crippen molar-refractivity contribution in [3.63, 3.8) is 0 Å². The van der Waals surface area contributed by atoms with E-state index in [-0.39, 0.29) is 41.2 Å². The molecule has 5 nitrogen and oxygen atoms in total. The Kier molecular flexibility index (Phi) is 6.09. The smallest absolute Gasteiger partial charge is 0.416 e. The number of pyridine rings is 1. The Bertz CT molecular complexity index is 1070. The van der Waals surface area contributed by atoms with E-state index in [0.717, 1.165) is 12.1 Å². The molecule has 30 heavy (non-hydrogen) atoms. The third-order valence-corrected chi connectivity index (χ3v) is 4.31. The number of nitrogens with one attached hydrogen (secondary N) is 1. The molecule has 0 atom stereocenters. The molecule has 0 aliphatic rings. The highest BCUT2D eigenvalue weighted by Gasteiger charge is 2.32. The number of carbonyl (C=O) groups excluding carboxylic acids is 1. The van der Waals surface area contributed by atoms with Crippen LogP contribution in [0.25, 0.3) is 10.9 Å². The third kappa shape index (κ3) is 4.45. The number of fused-ring (bicyclic) bond motifs is 1. The first-order chi connectivity index (χ1) is 14.2. The predicted molar refractivity (Wildman–Crippen MR) is 102 cm³/mol. The van der Waals surface area contributed by atoms with E-state index in [1.54, 1.807) is 6.92 Å². The van der Waals surface area contributed by atoms with Gasteiger partial charge in [-0.1, -0.05) is 12.1 Å². The van der Waals surface area contributed by atoms with Gasteiger partial charge in [-0.2, -0.15) is 13.2 Å². The number of ether oxygens (including phenoxy) is 2. The van der Waals surface area contributed by atoms with Gasteiger partial charge in [-0.15, -0.1) is 0 Å². The maximum absolute atomic E-state index is 13.1. The van der Waals surface area contributed by atoms with Gasteiger partial charge in [0, 0.05) is 11.9 Å². The molecule has 1 heterocycles. The van der Waals surface area contributed by atoms with Crippen molar-refractivity contribution in [1.82, 2.24) is 10.3 Å². The van der Waals surface area contributed by atoms with Gasteiger partial charge in [0.15, 0.2) is 0 Å². The molecule has 0 radical (unpaired) electrons. The first kappa shape index (κ1) is 21.4. The summed E-state index contributed by atoms with van der Waals surface area (Å²) >= 11 is 0. The van der Waals surface area contributed by atoms with Crippen LogP contribution in [0.4, 0.5) is 17.6 Å². The van der Waals surface area contributed by atoms with Crippen molar-refractivity contribution < 1.29 is 31.8 Å². The summed E-state index contributed by atoms with van der Waals surface area (Å²) in [6, 6.07) is 8.55. The molecule has 3 rings (SSSR count). The summed E-state index contributed by atoms with van der Waals surface area (Å²) < 4.78 is 63.0. The van der Waals surface area contributed by atoms with Crippen LogP contribution in [0.1, 0.15) is 28.4 Å². The summed E-state index contributed by atoms with van der Waals surface area (Å²) in [4.78, 5) is 17.0. The van der Waals surface area contributed by atoms with Crippen molar-refractivity contribution in [2.75, 3.05) is 13.7 Å². The fraction of sp³-hybridized carbons (Fsp3) is 0.238. The second-order valence-corrected chi connectivity index (χ2v) is 6.30. The first-order valence-corrected chi connectivity index (χ1v) is 8.99. The average molecular weight is 422 g/mol. The second kappa shape index (κ2) is 8.56. The number of hydrogen-bond donors (Lipinski definition) is 1. The summed E-state index contributed by atoms with van der Waals surface area (Å²) in [5.41, 5.74) is -0.264. The van der Waals surface area contributed by atoms with E-state index in [1.807, 2.05) is 0 Å². The lowest BCUT2D eigenvalue weighted by Crippen LogP contribution is -2.24. The van der Waals surface area contributed by atoms with Crippen molar-refractivity contribution in [1.29, 1.82) is 0 Å². The Morgan fingerprint density at radius 3 is 2.43 bits per heavy atom. The van der Waals surface area contributed by atoms with E-state index in [2.05, 4.69) is 10.3 Å². The number of halogens is 4. The van der Waals surface area contributed by atoms with Crippen LogP contribution in [0.2, 0.25) is 0 Å². The number of alkyl halides is 3. The van der Waals surface area contributed by atoms with Gasteiger partial charge in [0.25, 0.3) is 5.91 Å². The summed E-state index contributed by atoms with van der Waals surface area (Å²) in [7, 11) is 1.30. The molecule has 158 valence electrons. The molecule has 3 aromatic rings.